The van der Waals surface area contributed by atoms with Crippen molar-refractivity contribution in [2.75, 3.05) is 0 Å². The van der Waals surface area contributed by atoms with Crippen LogP contribution in [0.4, 0.5) is 0 Å². The molecule has 1 rings (SSSR count). The maximum absolute atomic E-state index is 10.6. The molecule has 0 saturated heterocycles. The average Bonchev–Trinajstić information content (AvgIpc) is 2.31. The maximum Gasteiger partial charge on any atom is 0.308 e. The van der Waals surface area contributed by atoms with E-state index < -0.39 is 5.97 Å². The number of hydrogen-bond acceptors (Lipinski definition) is 2. The summed E-state index contributed by atoms with van der Waals surface area (Å²) in [4.78, 5) is 11.5. The van der Waals surface area contributed by atoms with E-state index in [9.17, 15) is 4.79 Å². The van der Waals surface area contributed by atoms with Crippen molar-refractivity contribution < 1.29 is 9.90 Å². The van der Waals surface area contributed by atoms with Crippen LogP contribution in [0.1, 0.15) is 31.2 Å². The first kappa shape index (κ1) is 10.3. The first-order chi connectivity index (χ1) is 5.91. The first-order valence-electron chi connectivity index (χ1n) is 4.20. The maximum atomic E-state index is 10.6. The fraction of sp³-hybridized carbons (Fsp3) is 0.500. The Morgan fingerprint density at radius 1 is 1.54 bits per heavy atom. The minimum atomic E-state index is -0.757. The lowest BCUT2D eigenvalue weighted by molar-refractivity contribution is -0.136. The normalized spacial score (nSPS) is 11.6. The minimum absolute atomic E-state index is 0.0464. The van der Waals surface area contributed by atoms with E-state index in [-0.39, 0.29) is 11.8 Å². The average molecular weight is 198 g/mol. The third kappa shape index (κ3) is 2.56. The first-order valence-corrected chi connectivity index (χ1v) is 5.08. The molecule has 0 aliphatic rings. The fourth-order valence-electron chi connectivity index (χ4n) is 1.28. The zero-order valence-corrected chi connectivity index (χ0v) is 8.94. The summed E-state index contributed by atoms with van der Waals surface area (Å²) in [6, 6.07) is 2.02. The number of hydrogen-bond donors (Lipinski definition) is 1. The zero-order chi connectivity index (χ0) is 10.1. The zero-order valence-electron chi connectivity index (χ0n) is 8.13. The highest BCUT2D eigenvalue weighted by Crippen LogP contribution is 2.29. The van der Waals surface area contributed by atoms with E-state index in [1.807, 2.05) is 11.4 Å². The second kappa shape index (κ2) is 3.50. The highest BCUT2D eigenvalue weighted by Gasteiger charge is 2.19. The Morgan fingerprint density at radius 2 is 2.15 bits per heavy atom. The van der Waals surface area contributed by atoms with E-state index in [2.05, 4.69) is 20.8 Å². The lowest BCUT2D eigenvalue weighted by Crippen LogP contribution is -2.13. The van der Waals surface area contributed by atoms with Crippen molar-refractivity contribution in [2.45, 2.75) is 32.6 Å². The van der Waals surface area contributed by atoms with Crippen molar-refractivity contribution in [3.63, 3.8) is 0 Å². The van der Waals surface area contributed by atoms with E-state index in [1.165, 1.54) is 11.3 Å². The number of thiophene rings is 1. The monoisotopic (exact) mass is 198 g/mol. The van der Waals surface area contributed by atoms with Gasteiger partial charge in [-0.2, -0.15) is 0 Å². The van der Waals surface area contributed by atoms with Gasteiger partial charge in [0.2, 0.25) is 0 Å². The molecule has 1 heterocycles. The van der Waals surface area contributed by atoms with Crippen molar-refractivity contribution >= 4 is 17.3 Å². The fourth-order valence-corrected chi connectivity index (χ4v) is 2.36. The van der Waals surface area contributed by atoms with Crippen molar-refractivity contribution in [3.8, 4) is 0 Å². The number of aliphatic carboxylic acids is 1. The van der Waals surface area contributed by atoms with Crippen LogP contribution in [-0.2, 0) is 16.6 Å². The van der Waals surface area contributed by atoms with Gasteiger partial charge in [0.1, 0.15) is 0 Å². The van der Waals surface area contributed by atoms with Crippen LogP contribution in [0.25, 0.3) is 0 Å². The minimum Gasteiger partial charge on any atom is -0.481 e. The van der Waals surface area contributed by atoms with Gasteiger partial charge in [-0.05, 0) is 22.4 Å². The molecule has 3 heteroatoms. The standard InChI is InChI=1S/C10H14O2S/c1-10(2,3)7-4-5-13-8(7)6-9(11)12/h4-5H,6H2,1-3H3,(H,11,12). The smallest absolute Gasteiger partial charge is 0.308 e. The molecule has 13 heavy (non-hydrogen) atoms. The molecule has 0 radical (unpaired) electrons. The van der Waals surface area contributed by atoms with Crippen molar-refractivity contribution in [1.82, 2.24) is 0 Å². The second-order valence-corrected chi connectivity index (χ2v) is 5.08. The molecule has 0 atom stereocenters. The van der Waals surface area contributed by atoms with E-state index >= 15 is 0 Å². The Bertz CT molecular complexity index is 307. The summed E-state index contributed by atoms with van der Waals surface area (Å²) in [6.45, 7) is 6.29. The molecule has 72 valence electrons. The van der Waals surface area contributed by atoms with Gasteiger partial charge in [-0.15, -0.1) is 11.3 Å². The summed E-state index contributed by atoms with van der Waals surface area (Å²) < 4.78 is 0. The lowest BCUT2D eigenvalue weighted by Gasteiger charge is -2.18. The molecule has 0 bridgehead atoms. The number of carboxylic acids is 1. The van der Waals surface area contributed by atoms with Crippen LogP contribution < -0.4 is 0 Å². The number of rotatable bonds is 2. The molecule has 1 aromatic rings. The van der Waals surface area contributed by atoms with E-state index in [0.717, 1.165) is 10.4 Å². The van der Waals surface area contributed by atoms with E-state index in [1.54, 1.807) is 0 Å². The summed E-state index contributed by atoms with van der Waals surface area (Å²) in [6.07, 6.45) is 0.143. The SMILES string of the molecule is CC(C)(C)c1ccsc1CC(=O)O. The van der Waals surface area contributed by atoms with E-state index in [4.69, 9.17) is 5.11 Å². The summed E-state index contributed by atoms with van der Waals surface area (Å²) in [5, 5.41) is 10.6. The molecule has 0 aliphatic heterocycles. The summed E-state index contributed by atoms with van der Waals surface area (Å²) in [5.74, 6) is -0.757. The molecule has 2 nitrogen and oxygen atoms in total. The van der Waals surface area contributed by atoms with Gasteiger partial charge in [0.15, 0.2) is 0 Å². The van der Waals surface area contributed by atoms with Crippen LogP contribution in [0.15, 0.2) is 11.4 Å². The van der Waals surface area contributed by atoms with Crippen molar-refractivity contribution in [1.29, 1.82) is 0 Å². The van der Waals surface area contributed by atoms with Gasteiger partial charge in [-0.3, -0.25) is 4.79 Å². The quantitative estimate of drug-likeness (QED) is 0.793. The predicted octanol–water partition coefficient (Wildman–Crippen LogP) is 2.67. The molecule has 0 aliphatic carbocycles. The molecule has 0 unspecified atom stereocenters. The number of carboxylic acid groups (broad SMARTS) is 1. The molecular formula is C10H14O2S. The summed E-state index contributed by atoms with van der Waals surface area (Å²) in [7, 11) is 0. The molecule has 0 aromatic carbocycles. The molecule has 0 fully saturated rings. The van der Waals surface area contributed by atoms with Crippen LogP contribution in [0.5, 0.6) is 0 Å². The largest absolute Gasteiger partial charge is 0.481 e. The van der Waals surface area contributed by atoms with Crippen LogP contribution >= 0.6 is 11.3 Å². The molecular weight excluding hydrogens is 184 g/mol. The van der Waals surface area contributed by atoms with Crippen LogP contribution in [0.2, 0.25) is 0 Å². The predicted molar refractivity (Wildman–Crippen MR) is 54.4 cm³/mol. The molecule has 0 amide bonds. The highest BCUT2D eigenvalue weighted by atomic mass is 32.1. The van der Waals surface area contributed by atoms with Crippen molar-refractivity contribution in [3.05, 3.63) is 21.9 Å². The highest BCUT2D eigenvalue weighted by molar-refractivity contribution is 7.10. The number of carbonyl (C=O) groups is 1. The van der Waals surface area contributed by atoms with E-state index in [0.29, 0.717) is 0 Å². The molecule has 0 saturated carbocycles. The molecule has 0 spiro atoms. The van der Waals surface area contributed by atoms with Gasteiger partial charge >= 0.3 is 5.97 Å². The third-order valence-corrected chi connectivity index (χ3v) is 2.79. The van der Waals surface area contributed by atoms with Crippen LogP contribution in [0.3, 0.4) is 0 Å². The topological polar surface area (TPSA) is 37.3 Å². The Hall–Kier alpha value is -0.830. The Labute approximate surface area is 82.2 Å². The van der Waals surface area contributed by atoms with Crippen molar-refractivity contribution in [2.24, 2.45) is 0 Å². The van der Waals surface area contributed by atoms with Crippen LogP contribution in [0, 0.1) is 0 Å². The van der Waals surface area contributed by atoms with Gasteiger partial charge in [0, 0.05) is 4.88 Å². The van der Waals surface area contributed by atoms with Gasteiger partial charge in [0.25, 0.3) is 0 Å². The van der Waals surface area contributed by atoms with Gasteiger partial charge in [-0.25, -0.2) is 0 Å². The Morgan fingerprint density at radius 3 is 2.62 bits per heavy atom. The lowest BCUT2D eigenvalue weighted by atomic mass is 9.87. The summed E-state index contributed by atoms with van der Waals surface area (Å²) in [5.41, 5.74) is 1.20. The summed E-state index contributed by atoms with van der Waals surface area (Å²) >= 11 is 1.52. The second-order valence-electron chi connectivity index (χ2n) is 4.08. The van der Waals surface area contributed by atoms with Gasteiger partial charge in [0.05, 0.1) is 6.42 Å². The van der Waals surface area contributed by atoms with Crippen LogP contribution in [-0.4, -0.2) is 11.1 Å². The van der Waals surface area contributed by atoms with Gasteiger partial charge < -0.3 is 5.11 Å². The Balaban J connectivity index is 2.96. The third-order valence-electron chi connectivity index (χ3n) is 1.87. The molecule has 1 aromatic heterocycles. The Kier molecular flexibility index (Phi) is 2.76. The van der Waals surface area contributed by atoms with Gasteiger partial charge in [-0.1, -0.05) is 20.8 Å². The molecule has 1 N–H and O–H groups in total.